The van der Waals surface area contributed by atoms with Crippen molar-refractivity contribution in [3.63, 3.8) is 0 Å². The standard InChI is InChI=1S/C22H22F3N3O4S2/c1-12-10-33-20(27-12)13-3-4-18(16(7-13)22(23,24)25)34(30,31)14-8-15(17(9-14)32-2)19(29)28-21(11-26)5-6-21/h3-4,7,10,14-15,17H,5-6,8-9H2,1-2H3,(H,28,29)/t14-,15-,17-/m0/s1. The SMILES string of the molecule is CO[C@H]1C[C@@H](S(=O)(=O)c2ccc(-c3nc(C)cs3)cc2C(F)(F)F)C[C@@H]1C(=O)NC1(C#N)CC1. The van der Waals surface area contributed by atoms with Gasteiger partial charge < -0.3 is 10.1 Å². The monoisotopic (exact) mass is 513 g/mol. The van der Waals surface area contributed by atoms with E-state index in [9.17, 15) is 31.6 Å². The Morgan fingerprint density at radius 2 is 2.03 bits per heavy atom. The van der Waals surface area contributed by atoms with Crippen LogP contribution in [0.25, 0.3) is 10.6 Å². The van der Waals surface area contributed by atoms with Crippen molar-refractivity contribution in [1.82, 2.24) is 10.3 Å². The molecule has 1 aromatic heterocycles. The topological polar surface area (TPSA) is 109 Å². The Labute approximate surface area is 198 Å². The molecule has 7 nitrogen and oxygen atoms in total. The summed E-state index contributed by atoms with van der Waals surface area (Å²) in [5, 5.41) is 12.7. The van der Waals surface area contributed by atoms with E-state index in [-0.39, 0.29) is 18.4 Å². The Morgan fingerprint density at radius 1 is 1.32 bits per heavy atom. The molecule has 0 radical (unpaired) electrons. The number of sulfone groups is 1. The van der Waals surface area contributed by atoms with Gasteiger partial charge in [0.15, 0.2) is 9.84 Å². The first kappa shape index (κ1) is 24.6. The third-order valence-corrected chi connectivity index (χ3v) is 9.56. The molecule has 0 aliphatic heterocycles. The van der Waals surface area contributed by atoms with Crippen molar-refractivity contribution in [2.24, 2.45) is 5.92 Å². The molecule has 12 heteroatoms. The quantitative estimate of drug-likeness (QED) is 0.628. The van der Waals surface area contributed by atoms with E-state index < -0.39 is 55.2 Å². The second kappa shape index (κ2) is 8.62. The van der Waals surface area contributed by atoms with E-state index in [1.165, 1.54) is 24.5 Å². The van der Waals surface area contributed by atoms with Gasteiger partial charge in [-0.15, -0.1) is 11.3 Å². The number of nitriles is 1. The maximum atomic E-state index is 13.9. The fourth-order valence-electron chi connectivity index (χ4n) is 4.26. The summed E-state index contributed by atoms with van der Waals surface area (Å²) >= 11 is 1.17. The second-order valence-electron chi connectivity index (χ2n) is 8.70. The van der Waals surface area contributed by atoms with Crippen LogP contribution in [0.5, 0.6) is 0 Å². The van der Waals surface area contributed by atoms with Gasteiger partial charge in [0.1, 0.15) is 10.5 Å². The average molecular weight is 514 g/mol. The van der Waals surface area contributed by atoms with Crippen molar-refractivity contribution in [3.05, 3.63) is 34.8 Å². The van der Waals surface area contributed by atoms with Crippen LogP contribution < -0.4 is 5.32 Å². The number of nitrogens with one attached hydrogen (secondary N) is 1. The Kier molecular flexibility index (Phi) is 6.25. The number of thiazole rings is 1. The van der Waals surface area contributed by atoms with Crippen LogP contribution in [-0.2, 0) is 25.5 Å². The number of nitrogens with zero attached hydrogens (tertiary/aromatic N) is 2. The van der Waals surface area contributed by atoms with Gasteiger partial charge in [0, 0.05) is 23.7 Å². The van der Waals surface area contributed by atoms with Crippen LogP contribution >= 0.6 is 11.3 Å². The minimum absolute atomic E-state index is 0.124. The smallest absolute Gasteiger partial charge is 0.381 e. The number of alkyl halides is 3. The molecule has 2 fully saturated rings. The maximum Gasteiger partial charge on any atom is 0.417 e. The van der Waals surface area contributed by atoms with Crippen LogP contribution in [0.2, 0.25) is 0 Å². The molecule has 1 amide bonds. The lowest BCUT2D eigenvalue weighted by atomic mass is 10.0. The molecular weight excluding hydrogens is 491 g/mol. The van der Waals surface area contributed by atoms with Gasteiger partial charge >= 0.3 is 6.18 Å². The first-order valence-corrected chi connectivity index (χ1v) is 13.0. The highest BCUT2D eigenvalue weighted by molar-refractivity contribution is 7.92. The van der Waals surface area contributed by atoms with Crippen LogP contribution in [0, 0.1) is 24.2 Å². The van der Waals surface area contributed by atoms with Crippen molar-refractivity contribution in [2.45, 2.75) is 60.6 Å². The minimum Gasteiger partial charge on any atom is -0.381 e. The van der Waals surface area contributed by atoms with Gasteiger partial charge in [-0.25, -0.2) is 13.4 Å². The first-order valence-electron chi connectivity index (χ1n) is 10.5. The van der Waals surface area contributed by atoms with E-state index in [0.29, 0.717) is 23.5 Å². The molecule has 0 bridgehead atoms. The molecule has 1 heterocycles. The number of aryl methyl sites for hydroxylation is 1. The molecule has 4 rings (SSSR count). The zero-order valence-electron chi connectivity index (χ0n) is 18.3. The normalized spacial score (nSPS) is 23.9. The van der Waals surface area contributed by atoms with Gasteiger partial charge in [-0.3, -0.25) is 4.79 Å². The molecule has 2 aliphatic carbocycles. The largest absolute Gasteiger partial charge is 0.417 e. The summed E-state index contributed by atoms with van der Waals surface area (Å²) in [4.78, 5) is 16.1. The first-order chi connectivity index (χ1) is 15.9. The van der Waals surface area contributed by atoms with E-state index in [4.69, 9.17) is 4.74 Å². The van der Waals surface area contributed by atoms with E-state index in [0.717, 1.165) is 12.1 Å². The molecule has 1 N–H and O–H groups in total. The third kappa shape index (κ3) is 4.56. The van der Waals surface area contributed by atoms with Crippen molar-refractivity contribution in [2.75, 3.05) is 7.11 Å². The van der Waals surface area contributed by atoms with E-state index in [2.05, 4.69) is 10.3 Å². The molecule has 2 aromatic rings. The summed E-state index contributed by atoms with van der Waals surface area (Å²) < 4.78 is 73.9. The highest BCUT2D eigenvalue weighted by Gasteiger charge is 2.51. The van der Waals surface area contributed by atoms with Gasteiger partial charge in [-0.05, 0) is 44.7 Å². The summed E-state index contributed by atoms with van der Waals surface area (Å²) in [5.74, 6) is -1.41. The van der Waals surface area contributed by atoms with Crippen LogP contribution in [0.1, 0.15) is 36.9 Å². The molecule has 0 unspecified atom stereocenters. The number of hydrogen-bond acceptors (Lipinski definition) is 7. The molecule has 3 atom stereocenters. The number of hydrogen-bond donors (Lipinski definition) is 1. The number of carbonyl (C=O) groups is 1. The number of methoxy groups -OCH3 is 1. The van der Waals surface area contributed by atoms with Crippen LogP contribution in [-0.4, -0.2) is 43.3 Å². The fourth-order valence-corrected chi connectivity index (χ4v) is 7.06. The molecule has 0 spiro atoms. The zero-order chi connectivity index (χ0) is 24.9. The number of carbonyl (C=O) groups excluding carboxylic acids is 1. The number of benzene rings is 1. The highest BCUT2D eigenvalue weighted by atomic mass is 32.2. The lowest BCUT2D eigenvalue weighted by molar-refractivity contribution is -0.139. The molecule has 0 saturated heterocycles. The molecule has 182 valence electrons. The number of halogens is 3. The lowest BCUT2D eigenvalue weighted by Crippen LogP contribution is -2.42. The van der Waals surface area contributed by atoms with E-state index >= 15 is 0 Å². The van der Waals surface area contributed by atoms with Gasteiger partial charge in [-0.1, -0.05) is 6.07 Å². The Morgan fingerprint density at radius 3 is 2.56 bits per heavy atom. The van der Waals surface area contributed by atoms with E-state index in [1.807, 2.05) is 6.07 Å². The summed E-state index contributed by atoms with van der Waals surface area (Å²) in [6, 6.07) is 5.12. The van der Waals surface area contributed by atoms with Crippen LogP contribution in [0.3, 0.4) is 0 Å². The summed E-state index contributed by atoms with van der Waals surface area (Å²) in [7, 11) is -3.13. The molecule has 2 aliphatic rings. The third-order valence-electron chi connectivity index (χ3n) is 6.32. The van der Waals surface area contributed by atoms with Gasteiger partial charge in [-0.2, -0.15) is 18.4 Å². The predicted octanol–water partition coefficient (Wildman–Crippen LogP) is 3.88. The predicted molar refractivity (Wildman–Crippen MR) is 118 cm³/mol. The van der Waals surface area contributed by atoms with Gasteiger partial charge in [0.2, 0.25) is 5.91 Å². The van der Waals surface area contributed by atoms with Gasteiger partial charge in [0.25, 0.3) is 0 Å². The van der Waals surface area contributed by atoms with Crippen molar-refractivity contribution >= 4 is 27.1 Å². The average Bonchev–Trinajstić information content (AvgIpc) is 3.19. The van der Waals surface area contributed by atoms with E-state index in [1.54, 1.807) is 12.3 Å². The van der Waals surface area contributed by atoms with Crippen LogP contribution in [0.15, 0.2) is 28.5 Å². The maximum absolute atomic E-state index is 13.9. The fraction of sp³-hybridized carbons (Fsp3) is 0.500. The van der Waals surface area contributed by atoms with Crippen molar-refractivity contribution in [3.8, 4) is 16.6 Å². The Balaban J connectivity index is 1.66. The highest BCUT2D eigenvalue weighted by Crippen LogP contribution is 2.43. The summed E-state index contributed by atoms with van der Waals surface area (Å²) in [5.41, 5.74) is -1.38. The number of ether oxygens (including phenoxy) is 1. The minimum atomic E-state index is -4.91. The Hall–Kier alpha value is -2.49. The van der Waals surface area contributed by atoms with Crippen molar-refractivity contribution < 1.29 is 31.1 Å². The number of aromatic nitrogens is 1. The van der Waals surface area contributed by atoms with Crippen molar-refractivity contribution in [1.29, 1.82) is 5.26 Å². The summed E-state index contributed by atoms with van der Waals surface area (Å²) in [6.07, 6.45) is -5.02. The summed E-state index contributed by atoms with van der Waals surface area (Å²) in [6.45, 7) is 1.71. The number of rotatable bonds is 6. The Bertz CT molecular complexity index is 1260. The van der Waals surface area contributed by atoms with Gasteiger partial charge in [0.05, 0.1) is 33.8 Å². The number of amides is 1. The lowest BCUT2D eigenvalue weighted by Gasteiger charge is -2.19. The molecule has 34 heavy (non-hydrogen) atoms. The van der Waals surface area contributed by atoms with Crippen LogP contribution in [0.4, 0.5) is 13.2 Å². The molecule has 1 aromatic carbocycles. The molecular formula is C22H22F3N3O4S2. The molecule has 2 saturated carbocycles. The zero-order valence-corrected chi connectivity index (χ0v) is 20.0. The second-order valence-corrected chi connectivity index (χ2v) is 11.8.